The van der Waals surface area contributed by atoms with Crippen LogP contribution in [0, 0.1) is 0 Å². The molecule has 1 fully saturated rings. The highest BCUT2D eigenvalue weighted by atomic mass is 32.2. The average Bonchev–Trinajstić information content (AvgIpc) is 3.12. The molecule has 5 nitrogen and oxygen atoms in total. The van der Waals surface area contributed by atoms with Gasteiger partial charge >= 0.3 is 5.97 Å². The van der Waals surface area contributed by atoms with Crippen molar-refractivity contribution in [1.29, 1.82) is 0 Å². The fourth-order valence-electron chi connectivity index (χ4n) is 1.33. The molecule has 0 unspecified atom stereocenters. The molecule has 0 aliphatic carbocycles. The number of hydrogen-bond donors (Lipinski definition) is 0. The molecule has 16 heavy (non-hydrogen) atoms. The van der Waals surface area contributed by atoms with Crippen LogP contribution in [0.5, 0.6) is 0 Å². The highest BCUT2D eigenvalue weighted by Gasteiger charge is 2.33. The molecule has 1 aliphatic rings. The van der Waals surface area contributed by atoms with E-state index in [2.05, 4.69) is 4.74 Å². The number of nitrogens with zero attached hydrogens (tertiary/aromatic N) is 1. The molecule has 0 bridgehead atoms. The van der Waals surface area contributed by atoms with E-state index >= 15 is 0 Å². The van der Waals surface area contributed by atoms with Crippen LogP contribution < -0.4 is 0 Å². The molecule has 0 atom stereocenters. The van der Waals surface area contributed by atoms with Crippen LogP contribution in [-0.2, 0) is 14.8 Å². The summed E-state index contributed by atoms with van der Waals surface area (Å²) in [5, 5.41) is 0. The number of esters is 1. The van der Waals surface area contributed by atoms with Crippen LogP contribution in [0.1, 0.15) is 10.4 Å². The van der Waals surface area contributed by atoms with Crippen LogP contribution in [0.2, 0.25) is 0 Å². The number of carbonyl (C=O) groups is 1. The van der Waals surface area contributed by atoms with Crippen molar-refractivity contribution in [2.75, 3.05) is 20.2 Å². The van der Waals surface area contributed by atoms with E-state index in [-0.39, 0.29) is 10.5 Å². The molecule has 1 aromatic rings. The smallest absolute Gasteiger partial charge is 0.337 e. The van der Waals surface area contributed by atoms with Gasteiger partial charge in [-0.1, -0.05) is 6.07 Å². The van der Waals surface area contributed by atoms with Crippen molar-refractivity contribution in [2.24, 2.45) is 0 Å². The van der Waals surface area contributed by atoms with Gasteiger partial charge in [-0.25, -0.2) is 13.2 Å². The maximum Gasteiger partial charge on any atom is 0.337 e. The summed E-state index contributed by atoms with van der Waals surface area (Å²) < 4.78 is 29.5. The van der Waals surface area contributed by atoms with E-state index in [1.54, 1.807) is 0 Å². The lowest BCUT2D eigenvalue weighted by Gasteiger charge is -2.05. The first-order valence-electron chi connectivity index (χ1n) is 4.74. The number of rotatable bonds is 3. The normalized spacial score (nSPS) is 15.8. The summed E-state index contributed by atoms with van der Waals surface area (Å²) >= 11 is 0. The van der Waals surface area contributed by atoms with E-state index in [1.165, 1.54) is 35.7 Å². The summed E-state index contributed by atoms with van der Waals surface area (Å²) in [6, 6.07) is 5.86. The van der Waals surface area contributed by atoms with Crippen LogP contribution in [0.15, 0.2) is 29.2 Å². The van der Waals surface area contributed by atoms with Gasteiger partial charge in [0.25, 0.3) is 0 Å². The van der Waals surface area contributed by atoms with Crippen LogP contribution in [0.4, 0.5) is 0 Å². The Labute approximate surface area is 93.7 Å². The van der Waals surface area contributed by atoms with Crippen molar-refractivity contribution < 1.29 is 17.9 Å². The third kappa shape index (κ3) is 1.94. The quantitative estimate of drug-likeness (QED) is 0.570. The molecule has 2 rings (SSSR count). The summed E-state index contributed by atoms with van der Waals surface area (Å²) in [5.74, 6) is -0.539. The Kier molecular flexibility index (Phi) is 2.69. The lowest BCUT2D eigenvalue weighted by Crippen LogP contribution is -2.12. The Balaban J connectivity index is 2.39. The highest BCUT2D eigenvalue weighted by molar-refractivity contribution is 7.89. The Morgan fingerprint density at radius 3 is 2.62 bits per heavy atom. The van der Waals surface area contributed by atoms with Crippen molar-refractivity contribution in [2.45, 2.75) is 4.90 Å². The third-order valence-corrected chi connectivity index (χ3v) is 4.19. The third-order valence-electron chi connectivity index (χ3n) is 2.30. The predicted octanol–water partition coefficient (Wildman–Crippen LogP) is 0.477. The van der Waals surface area contributed by atoms with Crippen molar-refractivity contribution in [3.8, 4) is 0 Å². The number of sulfonamides is 1. The SMILES string of the molecule is COC(=O)c1cccc(S(=O)(=O)N2CC2)c1. The Bertz CT molecular complexity index is 519. The van der Waals surface area contributed by atoms with Gasteiger partial charge in [-0.15, -0.1) is 0 Å². The van der Waals surface area contributed by atoms with Gasteiger partial charge in [0.1, 0.15) is 0 Å². The molecule has 0 N–H and O–H groups in total. The standard InChI is InChI=1S/C10H11NO4S/c1-15-10(12)8-3-2-4-9(7-8)16(13,14)11-5-6-11/h2-4,7H,5-6H2,1H3. The summed E-state index contributed by atoms with van der Waals surface area (Å²) in [5.41, 5.74) is 0.241. The molecular formula is C10H11NO4S. The summed E-state index contributed by atoms with van der Waals surface area (Å²) in [6.07, 6.45) is 0. The fourth-order valence-corrected chi connectivity index (χ4v) is 2.72. The van der Waals surface area contributed by atoms with E-state index in [0.29, 0.717) is 13.1 Å². The number of benzene rings is 1. The molecule has 0 spiro atoms. The Hall–Kier alpha value is -1.40. The van der Waals surface area contributed by atoms with Gasteiger partial charge in [0, 0.05) is 13.1 Å². The minimum atomic E-state index is -3.40. The first-order valence-corrected chi connectivity index (χ1v) is 6.18. The second-order valence-electron chi connectivity index (χ2n) is 3.42. The molecule has 0 amide bonds. The predicted molar refractivity (Wildman–Crippen MR) is 56.5 cm³/mol. The molecule has 1 aromatic carbocycles. The van der Waals surface area contributed by atoms with Gasteiger partial charge in [0.15, 0.2) is 0 Å². The Morgan fingerprint density at radius 1 is 1.38 bits per heavy atom. The maximum absolute atomic E-state index is 11.8. The van der Waals surface area contributed by atoms with Crippen molar-refractivity contribution in [1.82, 2.24) is 4.31 Å². The summed E-state index contributed by atoms with van der Waals surface area (Å²) in [6.45, 7) is 1.09. The molecular weight excluding hydrogens is 230 g/mol. The first kappa shape index (κ1) is 11.1. The minimum absolute atomic E-state index is 0.132. The number of ether oxygens (including phenoxy) is 1. The zero-order chi connectivity index (χ0) is 11.8. The second kappa shape index (κ2) is 3.88. The van der Waals surface area contributed by atoms with Gasteiger partial charge in [-0.05, 0) is 18.2 Å². The lowest BCUT2D eigenvalue weighted by atomic mass is 10.2. The zero-order valence-corrected chi connectivity index (χ0v) is 9.53. The van der Waals surface area contributed by atoms with Crippen molar-refractivity contribution in [3.05, 3.63) is 29.8 Å². The van der Waals surface area contributed by atoms with Crippen LogP contribution in [0.3, 0.4) is 0 Å². The maximum atomic E-state index is 11.8. The minimum Gasteiger partial charge on any atom is -0.465 e. The largest absolute Gasteiger partial charge is 0.465 e. The van der Waals surface area contributed by atoms with Crippen LogP contribution >= 0.6 is 0 Å². The zero-order valence-electron chi connectivity index (χ0n) is 8.71. The van der Waals surface area contributed by atoms with E-state index in [4.69, 9.17) is 0 Å². The second-order valence-corrected chi connectivity index (χ2v) is 5.36. The molecule has 6 heteroatoms. The number of carbonyl (C=O) groups excluding carboxylic acids is 1. The van der Waals surface area contributed by atoms with Crippen LogP contribution in [0.25, 0.3) is 0 Å². The highest BCUT2D eigenvalue weighted by Crippen LogP contribution is 2.22. The monoisotopic (exact) mass is 241 g/mol. The van der Waals surface area contributed by atoms with E-state index in [0.717, 1.165) is 0 Å². The van der Waals surface area contributed by atoms with Gasteiger partial charge in [0.05, 0.1) is 17.6 Å². The average molecular weight is 241 g/mol. The summed E-state index contributed by atoms with van der Waals surface area (Å²) in [7, 11) is -2.15. The number of methoxy groups -OCH3 is 1. The molecule has 1 heterocycles. The topological polar surface area (TPSA) is 63.5 Å². The molecule has 1 saturated heterocycles. The van der Waals surface area contributed by atoms with E-state index in [1.807, 2.05) is 0 Å². The fraction of sp³-hybridized carbons (Fsp3) is 0.300. The Morgan fingerprint density at radius 2 is 2.06 bits per heavy atom. The molecule has 0 aromatic heterocycles. The van der Waals surface area contributed by atoms with Gasteiger partial charge < -0.3 is 4.74 Å². The lowest BCUT2D eigenvalue weighted by molar-refractivity contribution is 0.0600. The van der Waals surface area contributed by atoms with Gasteiger partial charge in [-0.3, -0.25) is 0 Å². The van der Waals surface area contributed by atoms with Crippen LogP contribution in [-0.4, -0.2) is 38.9 Å². The molecule has 86 valence electrons. The summed E-state index contributed by atoms with van der Waals surface area (Å²) in [4.78, 5) is 11.4. The molecule has 0 radical (unpaired) electrons. The van der Waals surface area contributed by atoms with Crippen molar-refractivity contribution in [3.63, 3.8) is 0 Å². The van der Waals surface area contributed by atoms with E-state index in [9.17, 15) is 13.2 Å². The van der Waals surface area contributed by atoms with E-state index < -0.39 is 16.0 Å². The number of hydrogen-bond acceptors (Lipinski definition) is 4. The first-order chi connectivity index (χ1) is 7.55. The molecule has 1 aliphatic heterocycles. The van der Waals surface area contributed by atoms with Gasteiger partial charge in [0.2, 0.25) is 10.0 Å². The van der Waals surface area contributed by atoms with Crippen molar-refractivity contribution >= 4 is 16.0 Å². The molecule has 0 saturated carbocycles. The van der Waals surface area contributed by atoms with Gasteiger partial charge in [-0.2, -0.15) is 4.31 Å².